The van der Waals surface area contributed by atoms with Crippen LogP contribution in [-0.4, -0.2) is 142 Å². The summed E-state index contributed by atoms with van der Waals surface area (Å²) >= 11 is 0. The number of aliphatic hydroxyl groups is 7. The molecule has 0 radical (unpaired) electrons. The van der Waals surface area contributed by atoms with Crippen molar-refractivity contribution in [1.82, 2.24) is 0 Å². The molecule has 7 N–H and O–H groups in total. The minimum absolute atomic E-state index is 0.174. The second-order valence-electron chi connectivity index (χ2n) is 20.1. The number of aliphatic hydroxyl groups excluding tert-OH is 7. The van der Waals surface area contributed by atoms with Gasteiger partial charge in [0.2, 0.25) is 0 Å². The topological polar surface area (TPSA) is 231 Å². The van der Waals surface area contributed by atoms with Gasteiger partial charge in [-0.05, 0) is 12.8 Å². The first-order chi connectivity index (χ1) is 33.5. The van der Waals surface area contributed by atoms with Crippen molar-refractivity contribution in [3.8, 4) is 0 Å². The SMILES string of the molecule is CCCCCCCCCCCCCCCCCCCCCCCCCC(=O)O[C@H](COC(=O)CCCCCCCCCCCC)CO[C@H]1O[C@@H](CO[C@H]2O[C@@H](CO)[C@@H](O)C(O)C2O)[C@@H](O)C(O)C1O. The Morgan fingerprint density at radius 1 is 0.406 bits per heavy atom. The number of carbonyl (C=O) groups excluding carboxylic acids is 2. The first kappa shape index (κ1) is 63.6. The van der Waals surface area contributed by atoms with E-state index in [0.717, 1.165) is 38.5 Å². The molecule has 0 saturated carbocycles. The maximum absolute atomic E-state index is 13.0. The lowest BCUT2D eigenvalue weighted by Gasteiger charge is -2.42. The maximum Gasteiger partial charge on any atom is 0.306 e. The predicted molar refractivity (Wildman–Crippen MR) is 266 cm³/mol. The lowest BCUT2D eigenvalue weighted by molar-refractivity contribution is -0.332. The summed E-state index contributed by atoms with van der Waals surface area (Å²) in [5.41, 5.74) is 0. The summed E-state index contributed by atoms with van der Waals surface area (Å²) in [4.78, 5) is 25.8. The highest BCUT2D eigenvalue weighted by atomic mass is 16.7. The number of hydrogen-bond acceptors (Lipinski definition) is 15. The molecule has 69 heavy (non-hydrogen) atoms. The maximum atomic E-state index is 13.0. The van der Waals surface area contributed by atoms with Gasteiger partial charge in [0.1, 0.15) is 55.4 Å². The van der Waals surface area contributed by atoms with E-state index < -0.39 is 92.7 Å². The molecule has 2 aliphatic rings. The van der Waals surface area contributed by atoms with Crippen molar-refractivity contribution in [1.29, 1.82) is 0 Å². The average Bonchev–Trinajstić information content (AvgIpc) is 3.34. The Kier molecular flexibility index (Phi) is 38.6. The normalized spacial score (nSPS) is 25.5. The largest absolute Gasteiger partial charge is 0.462 e. The zero-order valence-corrected chi connectivity index (χ0v) is 43.3. The summed E-state index contributed by atoms with van der Waals surface area (Å²) in [6.45, 7) is 2.62. The fraction of sp³-hybridized carbons (Fsp3) is 0.963. The molecule has 15 nitrogen and oxygen atoms in total. The summed E-state index contributed by atoms with van der Waals surface area (Å²) in [7, 11) is 0. The number of esters is 2. The Bertz CT molecular complexity index is 1210. The van der Waals surface area contributed by atoms with Crippen molar-refractivity contribution in [2.75, 3.05) is 26.4 Å². The van der Waals surface area contributed by atoms with Crippen molar-refractivity contribution in [2.24, 2.45) is 0 Å². The zero-order chi connectivity index (χ0) is 50.3. The summed E-state index contributed by atoms with van der Waals surface area (Å²) in [5.74, 6) is -0.910. The van der Waals surface area contributed by atoms with Crippen LogP contribution in [0, 0.1) is 0 Å². The van der Waals surface area contributed by atoms with E-state index in [1.807, 2.05) is 0 Å². The number of carbonyl (C=O) groups is 2. The minimum atomic E-state index is -1.76. The van der Waals surface area contributed by atoms with Crippen LogP contribution >= 0.6 is 0 Å². The van der Waals surface area contributed by atoms with Crippen LogP contribution in [0.3, 0.4) is 0 Å². The summed E-state index contributed by atoms with van der Waals surface area (Å²) < 4.78 is 33.6. The predicted octanol–water partition coefficient (Wildman–Crippen LogP) is 8.78. The molecule has 2 rings (SSSR count). The van der Waals surface area contributed by atoms with Crippen LogP contribution in [0.2, 0.25) is 0 Å². The molecule has 0 aromatic rings. The minimum Gasteiger partial charge on any atom is -0.462 e. The van der Waals surface area contributed by atoms with Crippen LogP contribution in [0.1, 0.15) is 239 Å². The van der Waals surface area contributed by atoms with Gasteiger partial charge in [-0.2, -0.15) is 0 Å². The molecule has 15 heteroatoms. The smallest absolute Gasteiger partial charge is 0.306 e. The van der Waals surface area contributed by atoms with Crippen molar-refractivity contribution in [2.45, 2.75) is 306 Å². The first-order valence-electron chi connectivity index (χ1n) is 28.1. The van der Waals surface area contributed by atoms with Gasteiger partial charge in [-0.25, -0.2) is 0 Å². The highest BCUT2D eigenvalue weighted by molar-refractivity contribution is 5.70. The summed E-state index contributed by atoms with van der Waals surface area (Å²) in [6, 6.07) is 0. The Morgan fingerprint density at radius 3 is 1.13 bits per heavy atom. The Hall–Kier alpha value is -1.50. The van der Waals surface area contributed by atoms with Crippen LogP contribution in [0.4, 0.5) is 0 Å². The third-order valence-electron chi connectivity index (χ3n) is 13.8. The zero-order valence-electron chi connectivity index (χ0n) is 43.3. The van der Waals surface area contributed by atoms with Crippen molar-refractivity contribution >= 4 is 11.9 Å². The van der Waals surface area contributed by atoms with E-state index >= 15 is 0 Å². The fourth-order valence-corrected chi connectivity index (χ4v) is 9.22. The van der Waals surface area contributed by atoms with E-state index in [0.29, 0.717) is 12.8 Å². The van der Waals surface area contributed by atoms with E-state index in [-0.39, 0.29) is 26.1 Å². The molecule has 408 valence electrons. The Morgan fingerprint density at radius 2 is 0.739 bits per heavy atom. The molecular formula is C54H102O15. The average molecular weight is 991 g/mol. The number of rotatable bonds is 45. The third kappa shape index (κ3) is 29.7. The third-order valence-corrected chi connectivity index (χ3v) is 13.8. The highest BCUT2D eigenvalue weighted by Gasteiger charge is 2.47. The van der Waals surface area contributed by atoms with Crippen LogP contribution in [0.25, 0.3) is 0 Å². The molecule has 0 aromatic carbocycles. The van der Waals surface area contributed by atoms with E-state index in [9.17, 15) is 45.3 Å². The van der Waals surface area contributed by atoms with Crippen molar-refractivity contribution < 1.29 is 73.8 Å². The molecule has 2 fully saturated rings. The molecular weight excluding hydrogens is 889 g/mol. The van der Waals surface area contributed by atoms with Gasteiger partial charge >= 0.3 is 11.9 Å². The molecule has 0 bridgehead atoms. The Labute approximate surface area is 417 Å². The van der Waals surface area contributed by atoms with Crippen LogP contribution in [-0.2, 0) is 38.0 Å². The summed E-state index contributed by atoms with van der Waals surface area (Å²) in [5, 5.41) is 72.1. The lowest BCUT2D eigenvalue weighted by atomic mass is 9.98. The molecule has 4 unspecified atom stereocenters. The van der Waals surface area contributed by atoms with Gasteiger partial charge < -0.3 is 64.2 Å². The van der Waals surface area contributed by atoms with Gasteiger partial charge in [-0.1, -0.05) is 213 Å². The van der Waals surface area contributed by atoms with Crippen LogP contribution < -0.4 is 0 Å². The van der Waals surface area contributed by atoms with Crippen molar-refractivity contribution in [3.05, 3.63) is 0 Å². The second kappa shape index (κ2) is 41.9. The lowest BCUT2D eigenvalue weighted by Crippen LogP contribution is -2.61. The molecule has 0 spiro atoms. The van der Waals surface area contributed by atoms with Gasteiger partial charge in [-0.15, -0.1) is 0 Å². The second-order valence-corrected chi connectivity index (χ2v) is 20.1. The molecule has 2 heterocycles. The first-order valence-corrected chi connectivity index (χ1v) is 28.1. The monoisotopic (exact) mass is 991 g/mol. The van der Waals surface area contributed by atoms with Gasteiger partial charge in [0.25, 0.3) is 0 Å². The van der Waals surface area contributed by atoms with E-state index in [2.05, 4.69) is 13.8 Å². The molecule has 11 atom stereocenters. The van der Waals surface area contributed by atoms with Gasteiger partial charge in [0, 0.05) is 12.8 Å². The van der Waals surface area contributed by atoms with E-state index in [4.69, 9.17) is 28.4 Å². The highest BCUT2D eigenvalue weighted by Crippen LogP contribution is 2.27. The number of unbranched alkanes of at least 4 members (excludes halogenated alkanes) is 31. The molecule has 0 aliphatic carbocycles. The van der Waals surface area contributed by atoms with Gasteiger partial charge in [0.15, 0.2) is 18.7 Å². The number of ether oxygens (including phenoxy) is 6. The molecule has 2 aliphatic heterocycles. The van der Waals surface area contributed by atoms with Crippen LogP contribution in [0.5, 0.6) is 0 Å². The quantitative estimate of drug-likeness (QED) is 0.0223. The Balaban J connectivity index is 1.71. The molecule has 0 aromatic heterocycles. The number of hydrogen-bond donors (Lipinski definition) is 7. The van der Waals surface area contributed by atoms with Crippen LogP contribution in [0.15, 0.2) is 0 Å². The van der Waals surface area contributed by atoms with Crippen molar-refractivity contribution in [3.63, 3.8) is 0 Å². The van der Waals surface area contributed by atoms with Gasteiger partial charge in [-0.3, -0.25) is 9.59 Å². The molecule has 0 amide bonds. The van der Waals surface area contributed by atoms with Gasteiger partial charge in [0.05, 0.1) is 19.8 Å². The standard InChI is InChI=1S/C54H102O15/c1-3-5-7-9-11-13-15-16-17-18-19-20-21-22-23-24-25-26-27-29-31-33-35-37-46(57)67-42(39-64-45(56)36-34-32-30-28-14-12-10-8-6-4-2)40-65-53-52(63)50(61)48(59)44(69-53)41-66-54-51(62)49(60)47(58)43(38-55)68-54/h42-44,47-55,58-63H,3-41H2,1-2H3/t42-,43+,44+,47-,48-,49?,50?,51?,52?,53+,54+/m1/s1. The van der Waals surface area contributed by atoms with E-state index in [1.54, 1.807) is 0 Å². The molecule has 2 saturated heterocycles. The fourth-order valence-electron chi connectivity index (χ4n) is 9.22. The van der Waals surface area contributed by atoms with E-state index in [1.165, 1.54) is 161 Å². The summed E-state index contributed by atoms with van der Waals surface area (Å²) in [6.07, 6.45) is 24.3.